The molecule has 0 amide bonds. The predicted molar refractivity (Wildman–Crippen MR) is 74.2 cm³/mol. The van der Waals surface area contributed by atoms with Gasteiger partial charge < -0.3 is 16.2 Å². The van der Waals surface area contributed by atoms with Gasteiger partial charge in [0.05, 0.1) is 0 Å². The first-order valence-electron chi connectivity index (χ1n) is 4.90. The number of aromatic nitrogens is 2. The van der Waals surface area contributed by atoms with Crippen LogP contribution in [0, 0.1) is 0 Å². The van der Waals surface area contributed by atoms with Gasteiger partial charge in [-0.3, -0.25) is 4.68 Å². The highest BCUT2D eigenvalue weighted by Gasteiger charge is 2.19. The Morgan fingerprint density at radius 2 is 2.39 bits per heavy atom. The number of carboxylic acids is 1. The number of thiocarbonyl (C=S) groups is 1. The Labute approximate surface area is 112 Å². The van der Waals surface area contributed by atoms with Gasteiger partial charge in [0.2, 0.25) is 0 Å². The molecule has 0 unspecified atom stereocenters. The Hall–Kier alpha value is -1.93. The standard InChI is InChI=1S/C10H10N4O2S2/c1-14-3-2-6(13-14)12-9(17)5-4-18-8(11)7(5)10(15)16/h2-4H,11H2,1H3,(H,15,16)(H,12,13,17). The van der Waals surface area contributed by atoms with Gasteiger partial charge in [-0.15, -0.1) is 11.3 Å². The summed E-state index contributed by atoms with van der Waals surface area (Å²) >= 11 is 6.31. The Bertz CT molecular complexity index is 617. The van der Waals surface area contributed by atoms with Crippen molar-refractivity contribution in [1.82, 2.24) is 9.78 Å². The fraction of sp³-hybridized carbons (Fsp3) is 0.100. The molecular weight excluding hydrogens is 272 g/mol. The number of aromatic carboxylic acids is 1. The molecule has 0 atom stereocenters. The monoisotopic (exact) mass is 282 g/mol. The molecule has 0 bridgehead atoms. The molecule has 0 aliphatic carbocycles. The minimum Gasteiger partial charge on any atom is -0.478 e. The number of nitrogens with two attached hydrogens (primary N) is 1. The summed E-state index contributed by atoms with van der Waals surface area (Å²) < 4.78 is 1.62. The third-order valence-corrected chi connectivity index (χ3v) is 3.37. The summed E-state index contributed by atoms with van der Waals surface area (Å²) in [5.74, 6) is -0.530. The third-order valence-electron chi connectivity index (χ3n) is 2.23. The number of rotatable bonds is 3. The fourth-order valence-corrected chi connectivity index (χ4v) is 2.56. The predicted octanol–water partition coefficient (Wildman–Crippen LogP) is 1.55. The second-order valence-corrected chi connectivity index (χ2v) is 4.84. The van der Waals surface area contributed by atoms with Crippen molar-refractivity contribution in [3.05, 3.63) is 28.8 Å². The number of hydrogen-bond acceptors (Lipinski definition) is 5. The smallest absolute Gasteiger partial charge is 0.339 e. The number of anilines is 2. The molecule has 6 nitrogen and oxygen atoms in total. The van der Waals surface area contributed by atoms with Crippen LogP contribution in [-0.2, 0) is 7.05 Å². The van der Waals surface area contributed by atoms with Gasteiger partial charge in [0, 0.05) is 30.3 Å². The SMILES string of the molecule is Cn1ccc(NC(=S)c2csc(N)c2C(=O)O)n1. The lowest BCUT2D eigenvalue weighted by atomic mass is 10.2. The van der Waals surface area contributed by atoms with Crippen LogP contribution in [0.2, 0.25) is 0 Å². The van der Waals surface area contributed by atoms with E-state index in [1.54, 1.807) is 29.4 Å². The van der Waals surface area contributed by atoms with E-state index in [2.05, 4.69) is 10.4 Å². The second-order valence-electron chi connectivity index (χ2n) is 3.52. The van der Waals surface area contributed by atoms with Crippen LogP contribution in [0.25, 0.3) is 0 Å². The average Bonchev–Trinajstić information content (AvgIpc) is 2.84. The van der Waals surface area contributed by atoms with Gasteiger partial charge in [0.25, 0.3) is 0 Å². The van der Waals surface area contributed by atoms with Crippen LogP contribution in [-0.4, -0.2) is 25.8 Å². The quantitative estimate of drug-likeness (QED) is 0.740. The number of thiophene rings is 1. The van der Waals surface area contributed by atoms with E-state index in [9.17, 15) is 4.79 Å². The number of nitrogen functional groups attached to an aromatic ring is 1. The number of hydrogen-bond donors (Lipinski definition) is 3. The minimum atomic E-state index is -1.09. The molecule has 94 valence electrons. The van der Waals surface area contributed by atoms with Gasteiger partial charge in [-0.25, -0.2) is 4.79 Å². The van der Waals surface area contributed by atoms with Crippen LogP contribution in [0.15, 0.2) is 17.6 Å². The maximum atomic E-state index is 11.1. The zero-order chi connectivity index (χ0) is 13.3. The summed E-state index contributed by atoms with van der Waals surface area (Å²) in [6, 6.07) is 1.74. The first-order chi connectivity index (χ1) is 8.49. The van der Waals surface area contributed by atoms with Gasteiger partial charge in [-0.2, -0.15) is 5.10 Å². The van der Waals surface area contributed by atoms with Crippen molar-refractivity contribution < 1.29 is 9.90 Å². The van der Waals surface area contributed by atoms with Crippen LogP contribution in [0.4, 0.5) is 10.8 Å². The van der Waals surface area contributed by atoms with Crippen LogP contribution in [0.5, 0.6) is 0 Å². The van der Waals surface area contributed by atoms with E-state index >= 15 is 0 Å². The fourth-order valence-electron chi connectivity index (χ4n) is 1.43. The molecule has 0 fully saturated rings. The van der Waals surface area contributed by atoms with Crippen molar-refractivity contribution in [2.45, 2.75) is 0 Å². The molecule has 4 N–H and O–H groups in total. The molecular formula is C10H10N4O2S2. The zero-order valence-corrected chi connectivity index (χ0v) is 11.0. The topological polar surface area (TPSA) is 93.2 Å². The number of nitrogens with zero attached hydrogens (tertiary/aromatic N) is 2. The van der Waals surface area contributed by atoms with Gasteiger partial charge in [-0.05, 0) is 0 Å². The molecule has 0 aliphatic heterocycles. The van der Waals surface area contributed by atoms with E-state index in [0.717, 1.165) is 11.3 Å². The third kappa shape index (κ3) is 2.34. The maximum Gasteiger partial charge on any atom is 0.339 e. The molecule has 0 saturated heterocycles. The highest BCUT2D eigenvalue weighted by atomic mass is 32.1. The maximum absolute atomic E-state index is 11.1. The first-order valence-corrected chi connectivity index (χ1v) is 6.19. The second kappa shape index (κ2) is 4.75. The molecule has 2 aromatic rings. The molecule has 2 rings (SSSR count). The normalized spacial score (nSPS) is 10.3. The van der Waals surface area contributed by atoms with Gasteiger partial charge in [-0.1, -0.05) is 12.2 Å². The average molecular weight is 282 g/mol. The molecule has 0 radical (unpaired) electrons. The molecule has 2 aromatic heterocycles. The molecule has 0 spiro atoms. The molecule has 0 saturated carbocycles. The Balaban J connectivity index is 2.27. The van der Waals surface area contributed by atoms with E-state index in [1.165, 1.54) is 0 Å². The number of aryl methyl sites for hydroxylation is 1. The van der Waals surface area contributed by atoms with Crippen molar-refractivity contribution in [2.75, 3.05) is 11.1 Å². The lowest BCUT2D eigenvalue weighted by Crippen LogP contribution is -2.14. The van der Waals surface area contributed by atoms with Crippen LogP contribution in [0.3, 0.4) is 0 Å². The molecule has 8 heteroatoms. The van der Waals surface area contributed by atoms with Crippen LogP contribution >= 0.6 is 23.6 Å². The summed E-state index contributed by atoms with van der Waals surface area (Å²) in [6.07, 6.45) is 1.75. The number of nitrogens with one attached hydrogen (secondary N) is 1. The molecule has 2 heterocycles. The van der Waals surface area contributed by atoms with E-state index < -0.39 is 5.97 Å². The summed E-state index contributed by atoms with van der Waals surface area (Å²) in [5, 5.41) is 17.9. The van der Waals surface area contributed by atoms with Crippen molar-refractivity contribution in [3.63, 3.8) is 0 Å². The largest absolute Gasteiger partial charge is 0.478 e. The lowest BCUT2D eigenvalue weighted by Gasteiger charge is -2.04. The van der Waals surface area contributed by atoms with Crippen LogP contribution in [0.1, 0.15) is 15.9 Å². The lowest BCUT2D eigenvalue weighted by molar-refractivity contribution is 0.0698. The van der Waals surface area contributed by atoms with E-state index in [-0.39, 0.29) is 10.6 Å². The van der Waals surface area contributed by atoms with Crippen molar-refractivity contribution in [2.24, 2.45) is 7.05 Å². The summed E-state index contributed by atoms with van der Waals surface area (Å²) in [4.78, 5) is 11.4. The van der Waals surface area contributed by atoms with Crippen molar-refractivity contribution in [1.29, 1.82) is 0 Å². The van der Waals surface area contributed by atoms with Crippen molar-refractivity contribution >= 4 is 45.3 Å². The summed E-state index contributed by atoms with van der Waals surface area (Å²) in [6.45, 7) is 0. The molecule has 18 heavy (non-hydrogen) atoms. The highest BCUT2D eigenvalue weighted by molar-refractivity contribution is 7.81. The van der Waals surface area contributed by atoms with E-state index in [0.29, 0.717) is 16.4 Å². The van der Waals surface area contributed by atoms with E-state index in [1.807, 2.05) is 0 Å². The van der Waals surface area contributed by atoms with Gasteiger partial charge >= 0.3 is 5.97 Å². The molecule has 0 aliphatic rings. The highest BCUT2D eigenvalue weighted by Crippen LogP contribution is 2.26. The minimum absolute atomic E-state index is 0.0356. The zero-order valence-electron chi connectivity index (χ0n) is 9.38. The Kier molecular flexibility index (Phi) is 3.30. The number of carbonyl (C=O) groups is 1. The summed E-state index contributed by atoms with van der Waals surface area (Å²) in [7, 11) is 1.78. The van der Waals surface area contributed by atoms with E-state index in [4.69, 9.17) is 23.1 Å². The first kappa shape index (κ1) is 12.5. The van der Waals surface area contributed by atoms with Crippen molar-refractivity contribution in [3.8, 4) is 0 Å². The molecule has 0 aromatic carbocycles. The van der Waals surface area contributed by atoms with Crippen LogP contribution < -0.4 is 11.1 Å². The Morgan fingerprint density at radius 1 is 1.67 bits per heavy atom. The number of carboxylic acid groups (broad SMARTS) is 1. The van der Waals surface area contributed by atoms with Gasteiger partial charge in [0.15, 0.2) is 5.82 Å². The van der Waals surface area contributed by atoms with Gasteiger partial charge in [0.1, 0.15) is 15.6 Å². The summed E-state index contributed by atoms with van der Waals surface area (Å²) in [5.41, 5.74) is 6.05. The Morgan fingerprint density at radius 3 is 2.94 bits per heavy atom.